The molecular weight excluding hydrogens is 316 g/mol. The van der Waals surface area contributed by atoms with Crippen LogP contribution in [0, 0.1) is 16.0 Å². The van der Waals surface area contributed by atoms with Gasteiger partial charge in [0.05, 0.1) is 10.8 Å². The quantitative estimate of drug-likeness (QED) is 0.589. The number of aliphatic carboxylic acids is 1. The SMILES string of the molecule is NCCCC(Cc1ccc(Br)cc1[N+](=O)[O-])C(=O)O. The van der Waals surface area contributed by atoms with E-state index in [1.165, 1.54) is 6.07 Å². The molecule has 1 atom stereocenters. The van der Waals surface area contributed by atoms with Gasteiger partial charge < -0.3 is 10.8 Å². The maximum absolute atomic E-state index is 11.1. The van der Waals surface area contributed by atoms with E-state index < -0.39 is 16.8 Å². The predicted octanol–water partition coefficient (Wildman–Crippen LogP) is 2.34. The van der Waals surface area contributed by atoms with Crippen molar-refractivity contribution in [2.45, 2.75) is 19.3 Å². The average Bonchev–Trinajstić information content (AvgIpc) is 2.35. The van der Waals surface area contributed by atoms with E-state index in [2.05, 4.69) is 15.9 Å². The van der Waals surface area contributed by atoms with E-state index in [9.17, 15) is 14.9 Å². The Morgan fingerprint density at radius 1 is 1.53 bits per heavy atom. The van der Waals surface area contributed by atoms with Crippen LogP contribution in [0.15, 0.2) is 22.7 Å². The summed E-state index contributed by atoms with van der Waals surface area (Å²) in [5, 5.41) is 20.1. The molecular formula is C12H15BrN2O4. The zero-order chi connectivity index (χ0) is 14.4. The van der Waals surface area contributed by atoms with Gasteiger partial charge in [0.1, 0.15) is 0 Å². The zero-order valence-electron chi connectivity index (χ0n) is 10.2. The van der Waals surface area contributed by atoms with Crippen LogP contribution in [0.25, 0.3) is 0 Å². The molecule has 0 amide bonds. The first-order valence-corrected chi connectivity index (χ1v) is 6.60. The van der Waals surface area contributed by atoms with Gasteiger partial charge in [-0.25, -0.2) is 0 Å². The van der Waals surface area contributed by atoms with Crippen molar-refractivity contribution in [1.29, 1.82) is 0 Å². The molecule has 19 heavy (non-hydrogen) atoms. The topological polar surface area (TPSA) is 106 Å². The van der Waals surface area contributed by atoms with E-state index in [4.69, 9.17) is 10.8 Å². The monoisotopic (exact) mass is 330 g/mol. The maximum atomic E-state index is 11.1. The second-order valence-electron chi connectivity index (χ2n) is 4.20. The van der Waals surface area contributed by atoms with Crippen molar-refractivity contribution < 1.29 is 14.8 Å². The lowest BCUT2D eigenvalue weighted by Crippen LogP contribution is -2.18. The van der Waals surface area contributed by atoms with Gasteiger partial charge in [0.15, 0.2) is 0 Å². The van der Waals surface area contributed by atoms with Crippen LogP contribution in [-0.2, 0) is 11.2 Å². The van der Waals surface area contributed by atoms with Gasteiger partial charge in [-0.05, 0) is 31.9 Å². The van der Waals surface area contributed by atoms with Crippen LogP contribution in [-0.4, -0.2) is 22.5 Å². The number of nitro groups is 1. The number of nitrogens with zero attached hydrogens (tertiary/aromatic N) is 1. The minimum atomic E-state index is -0.953. The number of carboxylic acid groups (broad SMARTS) is 1. The first kappa shape index (κ1) is 15.6. The molecule has 0 bridgehead atoms. The zero-order valence-corrected chi connectivity index (χ0v) is 11.8. The summed E-state index contributed by atoms with van der Waals surface area (Å²) in [6, 6.07) is 4.64. The summed E-state index contributed by atoms with van der Waals surface area (Å²) in [6.45, 7) is 0.409. The van der Waals surface area contributed by atoms with Crippen LogP contribution in [0.3, 0.4) is 0 Å². The summed E-state index contributed by atoms with van der Waals surface area (Å²) in [7, 11) is 0. The molecule has 7 heteroatoms. The van der Waals surface area contributed by atoms with Crippen LogP contribution < -0.4 is 5.73 Å². The van der Waals surface area contributed by atoms with Crippen molar-refractivity contribution in [1.82, 2.24) is 0 Å². The third-order valence-corrected chi connectivity index (χ3v) is 3.31. The number of benzene rings is 1. The van der Waals surface area contributed by atoms with Crippen LogP contribution in [0.4, 0.5) is 5.69 Å². The van der Waals surface area contributed by atoms with Gasteiger partial charge in [0.25, 0.3) is 5.69 Å². The predicted molar refractivity (Wildman–Crippen MR) is 73.9 cm³/mol. The van der Waals surface area contributed by atoms with Gasteiger partial charge in [-0.2, -0.15) is 0 Å². The van der Waals surface area contributed by atoms with Crippen molar-refractivity contribution in [2.24, 2.45) is 11.7 Å². The van der Waals surface area contributed by atoms with E-state index in [0.29, 0.717) is 29.4 Å². The van der Waals surface area contributed by atoms with E-state index >= 15 is 0 Å². The molecule has 3 N–H and O–H groups in total. The van der Waals surface area contributed by atoms with Crippen molar-refractivity contribution in [3.63, 3.8) is 0 Å². The van der Waals surface area contributed by atoms with Crippen molar-refractivity contribution >= 4 is 27.6 Å². The highest BCUT2D eigenvalue weighted by Gasteiger charge is 2.22. The summed E-state index contributed by atoms with van der Waals surface area (Å²) in [5.74, 6) is -1.60. The molecule has 6 nitrogen and oxygen atoms in total. The molecule has 0 radical (unpaired) electrons. The Morgan fingerprint density at radius 3 is 2.74 bits per heavy atom. The van der Waals surface area contributed by atoms with Crippen LogP contribution >= 0.6 is 15.9 Å². The second kappa shape index (κ2) is 7.20. The first-order valence-electron chi connectivity index (χ1n) is 5.81. The van der Waals surface area contributed by atoms with E-state index in [1.807, 2.05) is 0 Å². The Hall–Kier alpha value is -1.47. The van der Waals surface area contributed by atoms with Gasteiger partial charge in [0.2, 0.25) is 0 Å². The number of nitrogens with two attached hydrogens (primary N) is 1. The van der Waals surface area contributed by atoms with Gasteiger partial charge in [-0.3, -0.25) is 14.9 Å². The molecule has 0 aromatic heterocycles. The van der Waals surface area contributed by atoms with Gasteiger partial charge in [0, 0.05) is 16.1 Å². The minimum absolute atomic E-state index is 0.0617. The lowest BCUT2D eigenvalue weighted by molar-refractivity contribution is -0.385. The molecule has 0 aliphatic heterocycles. The summed E-state index contributed by atoms with van der Waals surface area (Å²) in [4.78, 5) is 21.6. The molecule has 0 saturated heterocycles. The molecule has 0 saturated carbocycles. The standard InChI is InChI=1S/C12H15BrN2O4/c13-10-4-3-8(11(7-10)15(18)19)6-9(12(16)17)2-1-5-14/h3-4,7,9H,1-2,5-6,14H2,(H,16,17). The number of rotatable bonds is 7. The number of carboxylic acids is 1. The van der Waals surface area contributed by atoms with Gasteiger partial charge in [-0.1, -0.05) is 22.0 Å². The summed E-state index contributed by atoms with van der Waals surface area (Å²) >= 11 is 3.16. The fourth-order valence-electron chi connectivity index (χ4n) is 1.82. The second-order valence-corrected chi connectivity index (χ2v) is 5.12. The highest BCUT2D eigenvalue weighted by Crippen LogP contribution is 2.27. The lowest BCUT2D eigenvalue weighted by Gasteiger charge is -2.12. The molecule has 1 aromatic rings. The van der Waals surface area contributed by atoms with Gasteiger partial charge in [-0.15, -0.1) is 0 Å². The highest BCUT2D eigenvalue weighted by atomic mass is 79.9. The largest absolute Gasteiger partial charge is 0.481 e. The number of halogens is 1. The van der Waals surface area contributed by atoms with Crippen LogP contribution in [0.2, 0.25) is 0 Å². The number of hydrogen-bond acceptors (Lipinski definition) is 4. The molecule has 1 rings (SSSR count). The highest BCUT2D eigenvalue weighted by molar-refractivity contribution is 9.10. The molecule has 0 spiro atoms. The van der Waals surface area contributed by atoms with Gasteiger partial charge >= 0.3 is 5.97 Å². The van der Waals surface area contributed by atoms with E-state index in [-0.39, 0.29) is 12.1 Å². The fraction of sp³-hybridized carbons (Fsp3) is 0.417. The van der Waals surface area contributed by atoms with E-state index in [1.54, 1.807) is 12.1 Å². The molecule has 1 aromatic carbocycles. The maximum Gasteiger partial charge on any atom is 0.306 e. The third-order valence-electron chi connectivity index (χ3n) is 2.82. The molecule has 104 valence electrons. The molecule has 0 aliphatic rings. The number of hydrogen-bond donors (Lipinski definition) is 2. The first-order chi connectivity index (χ1) is 8.95. The Balaban J connectivity index is 2.95. The Kier molecular flexibility index (Phi) is 5.91. The Labute approximate surface area is 118 Å². The van der Waals surface area contributed by atoms with Crippen molar-refractivity contribution in [3.8, 4) is 0 Å². The normalized spacial score (nSPS) is 12.1. The molecule has 1 unspecified atom stereocenters. The van der Waals surface area contributed by atoms with Crippen molar-refractivity contribution in [3.05, 3.63) is 38.3 Å². The molecule has 0 fully saturated rings. The van der Waals surface area contributed by atoms with Crippen LogP contribution in [0.1, 0.15) is 18.4 Å². The average molecular weight is 331 g/mol. The summed E-state index contributed by atoms with van der Waals surface area (Å²) in [6.07, 6.45) is 1.14. The molecule has 0 aliphatic carbocycles. The van der Waals surface area contributed by atoms with E-state index in [0.717, 1.165) is 0 Å². The number of carbonyl (C=O) groups is 1. The minimum Gasteiger partial charge on any atom is -0.481 e. The lowest BCUT2D eigenvalue weighted by atomic mass is 9.94. The summed E-state index contributed by atoms with van der Waals surface area (Å²) < 4.78 is 0.594. The van der Waals surface area contributed by atoms with Crippen LogP contribution in [0.5, 0.6) is 0 Å². The summed E-state index contributed by atoms with van der Waals surface area (Å²) in [5.41, 5.74) is 5.73. The Morgan fingerprint density at radius 2 is 2.21 bits per heavy atom. The smallest absolute Gasteiger partial charge is 0.306 e. The third kappa shape index (κ3) is 4.60. The molecule has 0 heterocycles. The Bertz CT molecular complexity index is 479. The fourth-order valence-corrected chi connectivity index (χ4v) is 2.17. The van der Waals surface area contributed by atoms with Crippen molar-refractivity contribution in [2.75, 3.05) is 6.54 Å². The number of nitro benzene ring substituents is 1.